The van der Waals surface area contributed by atoms with Gasteiger partial charge in [0.05, 0.1) is 5.69 Å². The lowest BCUT2D eigenvalue weighted by Gasteiger charge is -2.18. The van der Waals surface area contributed by atoms with E-state index in [1.165, 1.54) is 6.20 Å². The number of pyridine rings is 1. The molecular formula is C7H9BF3N2-. The molecular weight excluding hydrogens is 180 g/mol. The summed E-state index contributed by atoms with van der Waals surface area (Å²) in [6, 6.07) is 1.09. The number of halogens is 3. The number of anilines is 1. The molecule has 0 bridgehead atoms. The van der Waals surface area contributed by atoms with Gasteiger partial charge in [0.1, 0.15) is 0 Å². The average Bonchev–Trinajstić information content (AvgIpc) is 2.03. The molecule has 0 unspecified atom stereocenters. The molecule has 0 fully saturated rings. The summed E-state index contributed by atoms with van der Waals surface area (Å²) >= 11 is 0. The van der Waals surface area contributed by atoms with Crippen molar-refractivity contribution >= 4 is 18.1 Å². The van der Waals surface area contributed by atoms with Crippen LogP contribution in [0.2, 0.25) is 0 Å². The monoisotopic (exact) mass is 189 g/mol. The molecule has 13 heavy (non-hydrogen) atoms. The third-order valence-corrected chi connectivity index (χ3v) is 1.64. The van der Waals surface area contributed by atoms with E-state index in [0.29, 0.717) is 5.69 Å². The molecule has 0 saturated heterocycles. The van der Waals surface area contributed by atoms with Gasteiger partial charge in [-0.1, -0.05) is 11.5 Å². The molecule has 6 heteroatoms. The van der Waals surface area contributed by atoms with Crippen LogP contribution in [0.4, 0.5) is 18.6 Å². The number of rotatable bonds is 2. The van der Waals surface area contributed by atoms with E-state index in [9.17, 15) is 12.9 Å². The second-order valence-electron chi connectivity index (χ2n) is 2.95. The Morgan fingerprint density at radius 3 is 2.31 bits per heavy atom. The van der Waals surface area contributed by atoms with Crippen LogP contribution in [0.1, 0.15) is 0 Å². The van der Waals surface area contributed by atoms with Crippen LogP contribution in [0.5, 0.6) is 0 Å². The summed E-state index contributed by atoms with van der Waals surface area (Å²) < 4.78 is 36.7. The van der Waals surface area contributed by atoms with Crippen molar-refractivity contribution in [1.29, 1.82) is 0 Å². The molecule has 1 heterocycles. The van der Waals surface area contributed by atoms with Crippen molar-refractivity contribution in [1.82, 2.24) is 4.98 Å². The van der Waals surface area contributed by atoms with E-state index < -0.39 is 12.4 Å². The lowest BCUT2D eigenvalue weighted by Crippen LogP contribution is -2.34. The zero-order chi connectivity index (χ0) is 10.1. The summed E-state index contributed by atoms with van der Waals surface area (Å²) in [5.41, 5.74) is -0.206. The molecule has 1 rings (SSSR count). The van der Waals surface area contributed by atoms with Gasteiger partial charge in [0, 0.05) is 26.5 Å². The van der Waals surface area contributed by atoms with Gasteiger partial charge in [0.15, 0.2) is 0 Å². The third-order valence-electron chi connectivity index (χ3n) is 1.64. The Morgan fingerprint density at radius 1 is 1.23 bits per heavy atom. The van der Waals surface area contributed by atoms with Crippen LogP contribution in [0.15, 0.2) is 18.5 Å². The summed E-state index contributed by atoms with van der Waals surface area (Å²) in [5.74, 6) is 0. The van der Waals surface area contributed by atoms with E-state index in [4.69, 9.17) is 0 Å². The predicted octanol–water partition coefficient (Wildman–Crippen LogP) is 1.20. The maximum Gasteiger partial charge on any atom is 0.511 e. The summed E-state index contributed by atoms with van der Waals surface area (Å²) in [5, 5.41) is 0. The van der Waals surface area contributed by atoms with Crippen LogP contribution in [-0.2, 0) is 0 Å². The maximum absolute atomic E-state index is 12.2. The van der Waals surface area contributed by atoms with E-state index in [1.807, 2.05) is 0 Å². The van der Waals surface area contributed by atoms with Gasteiger partial charge in [-0.25, -0.2) is 0 Å². The Labute approximate surface area is 74.4 Å². The topological polar surface area (TPSA) is 16.1 Å². The third kappa shape index (κ3) is 2.37. The van der Waals surface area contributed by atoms with Crippen molar-refractivity contribution in [3.8, 4) is 0 Å². The molecule has 0 spiro atoms. The minimum atomic E-state index is -4.94. The fraction of sp³-hybridized carbons (Fsp3) is 0.286. The van der Waals surface area contributed by atoms with Gasteiger partial charge in [0.25, 0.3) is 0 Å². The highest BCUT2D eigenvalue weighted by atomic mass is 19.4. The van der Waals surface area contributed by atoms with Crippen molar-refractivity contribution in [2.45, 2.75) is 0 Å². The zero-order valence-electron chi connectivity index (χ0n) is 7.34. The number of hydrogen-bond acceptors (Lipinski definition) is 2. The van der Waals surface area contributed by atoms with Crippen LogP contribution < -0.4 is 10.4 Å². The first kappa shape index (κ1) is 9.89. The Bertz CT molecular complexity index is 298. The van der Waals surface area contributed by atoms with Crippen LogP contribution in [0, 0.1) is 0 Å². The molecule has 0 amide bonds. The van der Waals surface area contributed by atoms with E-state index in [0.717, 1.165) is 12.3 Å². The molecule has 72 valence electrons. The zero-order valence-corrected chi connectivity index (χ0v) is 7.34. The van der Waals surface area contributed by atoms with Gasteiger partial charge >= 0.3 is 6.98 Å². The summed E-state index contributed by atoms with van der Waals surface area (Å²) in [7, 11) is 3.34. The molecule has 1 aromatic rings. The maximum atomic E-state index is 12.2. The van der Waals surface area contributed by atoms with E-state index in [2.05, 4.69) is 4.98 Å². The molecule has 0 radical (unpaired) electrons. The van der Waals surface area contributed by atoms with Crippen LogP contribution in [-0.4, -0.2) is 26.1 Å². The van der Waals surface area contributed by atoms with E-state index in [-0.39, 0.29) is 0 Å². The van der Waals surface area contributed by atoms with Crippen LogP contribution >= 0.6 is 0 Å². The molecule has 0 N–H and O–H groups in total. The normalized spacial score (nSPS) is 11.5. The van der Waals surface area contributed by atoms with Gasteiger partial charge in [0.2, 0.25) is 0 Å². The highest BCUT2D eigenvalue weighted by Crippen LogP contribution is 2.12. The van der Waals surface area contributed by atoms with Crippen molar-refractivity contribution in [2.75, 3.05) is 19.0 Å². The van der Waals surface area contributed by atoms with Crippen LogP contribution in [0.25, 0.3) is 0 Å². The first-order chi connectivity index (χ1) is 5.91. The lowest BCUT2D eigenvalue weighted by atomic mass is 9.81. The smallest absolute Gasteiger partial charge is 0.445 e. The van der Waals surface area contributed by atoms with Crippen LogP contribution in [0.3, 0.4) is 0 Å². The summed E-state index contributed by atoms with van der Waals surface area (Å²) in [6.07, 6.45) is 2.23. The largest absolute Gasteiger partial charge is 0.511 e. The molecule has 1 aromatic heterocycles. The van der Waals surface area contributed by atoms with Crippen molar-refractivity contribution in [3.63, 3.8) is 0 Å². The van der Waals surface area contributed by atoms with Gasteiger partial charge in [-0.2, -0.15) is 0 Å². The SMILES string of the molecule is CN(C)c1cncc([B-](F)(F)F)c1. The first-order valence-electron chi connectivity index (χ1n) is 3.73. The minimum Gasteiger partial charge on any atom is -0.445 e. The predicted molar refractivity (Wildman–Crippen MR) is 47.3 cm³/mol. The quantitative estimate of drug-likeness (QED) is 0.649. The highest BCUT2D eigenvalue weighted by molar-refractivity contribution is 6.73. The minimum absolute atomic E-state index is 0.455. The van der Waals surface area contributed by atoms with Gasteiger partial charge < -0.3 is 17.8 Å². The van der Waals surface area contributed by atoms with Crippen molar-refractivity contribution in [2.24, 2.45) is 0 Å². The van der Waals surface area contributed by atoms with Crippen molar-refractivity contribution in [3.05, 3.63) is 18.5 Å². The molecule has 0 aliphatic heterocycles. The Balaban J connectivity index is 3.06. The Hall–Kier alpha value is -1.20. The average molecular weight is 189 g/mol. The van der Waals surface area contributed by atoms with Gasteiger partial charge in [-0.3, -0.25) is 4.98 Å². The van der Waals surface area contributed by atoms with E-state index in [1.54, 1.807) is 19.0 Å². The number of nitrogens with zero attached hydrogens (tertiary/aromatic N) is 2. The van der Waals surface area contributed by atoms with Gasteiger partial charge in [-0.15, -0.1) is 0 Å². The highest BCUT2D eigenvalue weighted by Gasteiger charge is 2.26. The lowest BCUT2D eigenvalue weighted by molar-refractivity contribution is 0.500. The fourth-order valence-electron chi connectivity index (χ4n) is 0.869. The van der Waals surface area contributed by atoms with Gasteiger partial charge in [-0.05, 0) is 0 Å². The molecule has 0 aliphatic carbocycles. The molecule has 0 aliphatic rings. The Kier molecular flexibility index (Phi) is 2.49. The summed E-state index contributed by atoms with van der Waals surface area (Å²) in [6.45, 7) is -4.94. The molecule has 0 saturated carbocycles. The molecule has 0 atom stereocenters. The summed E-state index contributed by atoms with van der Waals surface area (Å²) in [4.78, 5) is 5.11. The number of aromatic nitrogens is 1. The molecule has 2 nitrogen and oxygen atoms in total. The molecule has 0 aromatic carbocycles. The van der Waals surface area contributed by atoms with E-state index >= 15 is 0 Å². The second kappa shape index (κ2) is 3.28. The Morgan fingerprint density at radius 2 is 1.85 bits per heavy atom. The standard InChI is InChI=1S/C7H9BF3N2/c1-13(2)7-3-6(4-12-5-7)8(9,10)11/h3-5H,1-2H3/q-1. The number of hydrogen-bond donors (Lipinski definition) is 0. The first-order valence-corrected chi connectivity index (χ1v) is 3.73. The fourth-order valence-corrected chi connectivity index (χ4v) is 0.869. The second-order valence-corrected chi connectivity index (χ2v) is 2.95. The van der Waals surface area contributed by atoms with Crippen molar-refractivity contribution < 1.29 is 12.9 Å².